The molecule has 0 saturated carbocycles. The molecule has 0 radical (unpaired) electrons. The van der Waals surface area contributed by atoms with Gasteiger partial charge in [-0.25, -0.2) is 0 Å². The average molecular weight is 257 g/mol. The highest BCUT2D eigenvalue weighted by molar-refractivity contribution is 5.96. The second kappa shape index (κ2) is 6.00. The molecule has 0 N–H and O–H groups in total. The first-order valence-electron chi connectivity index (χ1n) is 6.02. The number of benzene rings is 1. The van der Waals surface area contributed by atoms with Gasteiger partial charge in [0.2, 0.25) is 0 Å². The number of aryl methyl sites for hydroxylation is 1. The van der Waals surface area contributed by atoms with E-state index >= 15 is 0 Å². The van der Waals surface area contributed by atoms with E-state index in [1.807, 2.05) is 0 Å². The number of ether oxygens (including phenoxy) is 1. The Kier molecular flexibility index (Phi) is 4.13. The highest BCUT2D eigenvalue weighted by Crippen LogP contribution is 2.13. The van der Waals surface area contributed by atoms with Crippen molar-refractivity contribution in [1.82, 2.24) is 4.57 Å². The summed E-state index contributed by atoms with van der Waals surface area (Å²) in [4.78, 5) is 22.8. The molecule has 0 unspecified atom stereocenters. The van der Waals surface area contributed by atoms with Crippen molar-refractivity contribution >= 4 is 12.1 Å². The number of hydrogen-bond acceptors (Lipinski definition) is 3. The van der Waals surface area contributed by atoms with E-state index in [1.165, 1.54) is 0 Å². The van der Waals surface area contributed by atoms with Gasteiger partial charge in [-0.2, -0.15) is 0 Å². The molecule has 2 rings (SSSR count). The predicted molar refractivity (Wildman–Crippen MR) is 71.8 cm³/mol. The van der Waals surface area contributed by atoms with Crippen LogP contribution in [0.2, 0.25) is 0 Å². The molecule has 0 aliphatic heterocycles. The Morgan fingerprint density at radius 1 is 1.26 bits per heavy atom. The molecule has 2 aromatic rings. The molecule has 0 spiro atoms. The monoisotopic (exact) mass is 257 g/mol. The van der Waals surface area contributed by atoms with Gasteiger partial charge >= 0.3 is 0 Å². The molecule has 0 amide bonds. The zero-order valence-corrected chi connectivity index (χ0v) is 10.7. The Morgan fingerprint density at radius 3 is 2.63 bits per heavy atom. The Morgan fingerprint density at radius 2 is 2.00 bits per heavy atom. The van der Waals surface area contributed by atoms with Crippen molar-refractivity contribution in [2.24, 2.45) is 0 Å². The molecule has 1 aromatic carbocycles. The number of aldehydes is 1. The second-order valence-electron chi connectivity index (χ2n) is 4.15. The van der Waals surface area contributed by atoms with Crippen LogP contribution in [-0.2, 0) is 6.54 Å². The summed E-state index contributed by atoms with van der Waals surface area (Å²) in [6.45, 7) is 0.506. The van der Waals surface area contributed by atoms with E-state index in [4.69, 9.17) is 4.74 Å². The van der Waals surface area contributed by atoms with Crippen molar-refractivity contribution in [3.8, 4) is 5.75 Å². The quantitative estimate of drug-likeness (QED) is 0.590. The van der Waals surface area contributed by atoms with Crippen LogP contribution in [-0.4, -0.2) is 23.7 Å². The summed E-state index contributed by atoms with van der Waals surface area (Å²) in [7, 11) is 1.59. The fourth-order valence-electron chi connectivity index (χ4n) is 1.88. The zero-order chi connectivity index (χ0) is 13.7. The summed E-state index contributed by atoms with van der Waals surface area (Å²) in [5, 5.41) is 0. The van der Waals surface area contributed by atoms with Gasteiger partial charge in [0.1, 0.15) is 5.75 Å². The molecule has 0 saturated heterocycles. The van der Waals surface area contributed by atoms with Crippen LogP contribution in [0.4, 0.5) is 0 Å². The van der Waals surface area contributed by atoms with E-state index < -0.39 is 0 Å². The summed E-state index contributed by atoms with van der Waals surface area (Å²) in [6.07, 6.45) is 2.95. The number of carbonyl (C=O) groups is 2. The van der Waals surface area contributed by atoms with Crippen molar-refractivity contribution in [3.05, 3.63) is 53.9 Å². The molecule has 0 aliphatic rings. The number of Topliss-reactive ketones (excluding diaryl/α,β-unsaturated/α-hetero) is 1. The first-order chi connectivity index (χ1) is 9.24. The molecule has 4 heteroatoms. The molecular formula is C15H15NO3. The minimum absolute atomic E-state index is 0.0493. The maximum Gasteiger partial charge on any atom is 0.166 e. The van der Waals surface area contributed by atoms with E-state index in [2.05, 4.69) is 0 Å². The Labute approximate surface area is 111 Å². The minimum atomic E-state index is 0.0493. The zero-order valence-electron chi connectivity index (χ0n) is 10.7. The third-order valence-electron chi connectivity index (χ3n) is 2.98. The second-order valence-corrected chi connectivity index (χ2v) is 4.15. The van der Waals surface area contributed by atoms with Gasteiger partial charge in [0.25, 0.3) is 0 Å². The van der Waals surface area contributed by atoms with Crippen LogP contribution in [0.15, 0.2) is 42.6 Å². The van der Waals surface area contributed by atoms with Gasteiger partial charge < -0.3 is 9.30 Å². The largest absolute Gasteiger partial charge is 0.497 e. The number of carbonyl (C=O) groups excluding carboxylic acids is 2. The lowest BCUT2D eigenvalue weighted by molar-refractivity contribution is 0.0974. The van der Waals surface area contributed by atoms with Crippen LogP contribution in [0.5, 0.6) is 5.75 Å². The van der Waals surface area contributed by atoms with E-state index in [1.54, 1.807) is 54.3 Å². The molecule has 0 fully saturated rings. The highest BCUT2D eigenvalue weighted by Gasteiger charge is 2.07. The van der Waals surface area contributed by atoms with Crippen LogP contribution >= 0.6 is 0 Å². The van der Waals surface area contributed by atoms with Crippen LogP contribution in [0.25, 0.3) is 0 Å². The molecule has 1 heterocycles. The summed E-state index contributed by atoms with van der Waals surface area (Å²) in [5.41, 5.74) is 1.24. The Hall–Kier alpha value is -2.36. The molecule has 0 bridgehead atoms. The fraction of sp³-hybridized carbons (Fsp3) is 0.200. The average Bonchev–Trinajstić information content (AvgIpc) is 2.92. The lowest BCUT2D eigenvalue weighted by Crippen LogP contribution is -2.07. The van der Waals surface area contributed by atoms with Crippen molar-refractivity contribution in [3.63, 3.8) is 0 Å². The normalized spacial score (nSPS) is 10.2. The fourth-order valence-corrected chi connectivity index (χ4v) is 1.88. The number of ketones is 1. The van der Waals surface area contributed by atoms with E-state index in [0.717, 1.165) is 12.0 Å². The van der Waals surface area contributed by atoms with Crippen molar-refractivity contribution in [1.29, 1.82) is 0 Å². The molecule has 0 aliphatic carbocycles. The summed E-state index contributed by atoms with van der Waals surface area (Å²) in [6, 6.07) is 10.5. The molecule has 1 aromatic heterocycles. The molecular weight excluding hydrogens is 242 g/mol. The Bertz CT molecular complexity index is 569. The van der Waals surface area contributed by atoms with Gasteiger partial charge in [0.15, 0.2) is 12.1 Å². The summed E-state index contributed by atoms with van der Waals surface area (Å²) < 4.78 is 6.82. The number of nitrogens with zero attached hydrogens (tertiary/aromatic N) is 1. The maximum absolute atomic E-state index is 12.0. The van der Waals surface area contributed by atoms with Crippen molar-refractivity contribution in [2.75, 3.05) is 7.11 Å². The first kappa shape index (κ1) is 13.1. The SMILES string of the molecule is COc1ccc(C(=O)CCn2cccc2C=O)cc1. The number of aromatic nitrogens is 1. The topological polar surface area (TPSA) is 48.3 Å². The van der Waals surface area contributed by atoms with Gasteiger partial charge in [-0.1, -0.05) is 0 Å². The van der Waals surface area contributed by atoms with Gasteiger partial charge in [0.05, 0.1) is 12.8 Å². The smallest absolute Gasteiger partial charge is 0.166 e. The summed E-state index contributed by atoms with van der Waals surface area (Å²) >= 11 is 0. The summed E-state index contributed by atoms with van der Waals surface area (Å²) in [5.74, 6) is 0.776. The van der Waals surface area contributed by atoms with E-state index in [-0.39, 0.29) is 5.78 Å². The van der Waals surface area contributed by atoms with Gasteiger partial charge in [-0.05, 0) is 36.4 Å². The van der Waals surface area contributed by atoms with E-state index in [0.29, 0.717) is 24.2 Å². The third kappa shape index (κ3) is 3.10. The van der Waals surface area contributed by atoms with Crippen LogP contribution < -0.4 is 4.74 Å². The van der Waals surface area contributed by atoms with Gasteiger partial charge in [-0.3, -0.25) is 9.59 Å². The Balaban J connectivity index is 1.99. The number of rotatable bonds is 6. The molecule has 98 valence electrons. The standard InChI is InChI=1S/C15H15NO3/c1-19-14-6-4-12(5-7-14)15(18)8-10-16-9-2-3-13(16)11-17/h2-7,9,11H,8,10H2,1H3. The minimum Gasteiger partial charge on any atom is -0.497 e. The van der Waals surface area contributed by atoms with Crippen molar-refractivity contribution in [2.45, 2.75) is 13.0 Å². The van der Waals surface area contributed by atoms with Gasteiger partial charge in [-0.15, -0.1) is 0 Å². The van der Waals surface area contributed by atoms with E-state index in [9.17, 15) is 9.59 Å². The number of hydrogen-bond donors (Lipinski definition) is 0. The highest BCUT2D eigenvalue weighted by atomic mass is 16.5. The van der Waals surface area contributed by atoms with Gasteiger partial charge in [0, 0.05) is 24.7 Å². The van der Waals surface area contributed by atoms with Crippen LogP contribution in [0.3, 0.4) is 0 Å². The molecule has 0 atom stereocenters. The molecule has 4 nitrogen and oxygen atoms in total. The number of methoxy groups -OCH3 is 1. The predicted octanol–water partition coefficient (Wildman–Crippen LogP) is 2.58. The van der Waals surface area contributed by atoms with Crippen LogP contribution in [0, 0.1) is 0 Å². The lowest BCUT2D eigenvalue weighted by Gasteiger charge is -2.05. The first-order valence-corrected chi connectivity index (χ1v) is 6.02. The lowest BCUT2D eigenvalue weighted by atomic mass is 10.1. The maximum atomic E-state index is 12.0. The third-order valence-corrected chi connectivity index (χ3v) is 2.98. The van der Waals surface area contributed by atoms with Crippen molar-refractivity contribution < 1.29 is 14.3 Å². The molecule has 19 heavy (non-hydrogen) atoms. The van der Waals surface area contributed by atoms with Crippen LogP contribution in [0.1, 0.15) is 27.3 Å².